The highest BCUT2D eigenvalue weighted by Gasteiger charge is 2.23. The monoisotopic (exact) mass is 168 g/mol. The van der Waals surface area contributed by atoms with Gasteiger partial charge in [-0.05, 0) is 30.6 Å². The Morgan fingerprint density at radius 2 is 1.75 bits per heavy atom. The highest BCUT2D eigenvalue weighted by Crippen LogP contribution is 2.32. The minimum Gasteiger partial charge on any atom is -0.300 e. The molecule has 1 aliphatic rings. The predicted molar refractivity (Wildman–Crippen MR) is 51.0 cm³/mol. The van der Waals surface area contributed by atoms with E-state index in [1.165, 1.54) is 6.42 Å². The molecule has 1 aliphatic carbocycles. The first-order chi connectivity index (χ1) is 5.47. The van der Waals surface area contributed by atoms with Crippen LogP contribution in [0, 0.1) is 11.3 Å². The summed E-state index contributed by atoms with van der Waals surface area (Å²) in [5, 5.41) is 0. The molecule has 0 bridgehead atoms. The van der Waals surface area contributed by atoms with Gasteiger partial charge in [0.05, 0.1) is 0 Å². The molecule has 70 valence electrons. The summed E-state index contributed by atoms with van der Waals surface area (Å²) in [6.07, 6.45) is 5.22. The fraction of sp³-hybridized carbons (Fsp3) is 0.909. The molecule has 0 atom stereocenters. The number of rotatable bonds is 1. The van der Waals surface area contributed by atoms with Crippen molar-refractivity contribution < 1.29 is 4.79 Å². The maximum absolute atomic E-state index is 11.0. The van der Waals surface area contributed by atoms with Crippen LogP contribution in [0.1, 0.15) is 52.9 Å². The molecule has 0 aromatic rings. The van der Waals surface area contributed by atoms with Crippen LogP contribution in [0.4, 0.5) is 0 Å². The molecule has 1 fully saturated rings. The number of hydrogen-bond acceptors (Lipinski definition) is 1. The molecule has 1 heteroatoms. The lowest BCUT2D eigenvalue weighted by Gasteiger charge is -2.28. The van der Waals surface area contributed by atoms with Crippen molar-refractivity contribution in [1.29, 1.82) is 0 Å². The van der Waals surface area contributed by atoms with Crippen LogP contribution in [0.2, 0.25) is 0 Å². The van der Waals surface area contributed by atoms with Gasteiger partial charge in [-0.2, -0.15) is 0 Å². The average Bonchev–Trinajstić information content (AvgIpc) is 1.91. The van der Waals surface area contributed by atoms with Crippen molar-refractivity contribution in [2.75, 3.05) is 0 Å². The molecule has 0 spiro atoms. The molecule has 0 aliphatic heterocycles. The Morgan fingerprint density at radius 1 is 1.25 bits per heavy atom. The van der Waals surface area contributed by atoms with Crippen molar-refractivity contribution in [2.24, 2.45) is 11.3 Å². The molecule has 1 rings (SSSR count). The van der Waals surface area contributed by atoms with E-state index in [0.717, 1.165) is 31.6 Å². The first-order valence-corrected chi connectivity index (χ1v) is 4.99. The summed E-state index contributed by atoms with van der Waals surface area (Å²) < 4.78 is 0. The third-order valence-electron chi connectivity index (χ3n) is 2.56. The summed E-state index contributed by atoms with van der Waals surface area (Å²) in [4.78, 5) is 11.0. The zero-order valence-corrected chi connectivity index (χ0v) is 8.52. The van der Waals surface area contributed by atoms with Crippen LogP contribution in [-0.2, 0) is 4.79 Å². The predicted octanol–water partition coefficient (Wildman–Crippen LogP) is 3.18. The molecule has 12 heavy (non-hydrogen) atoms. The van der Waals surface area contributed by atoms with Gasteiger partial charge >= 0.3 is 0 Å². The Labute approximate surface area is 75.5 Å². The van der Waals surface area contributed by atoms with Gasteiger partial charge in [0.25, 0.3) is 0 Å². The Balaban J connectivity index is 2.31. The maximum atomic E-state index is 11.0. The Bertz CT molecular complexity index is 154. The molecule has 0 aromatic heterocycles. The smallest absolute Gasteiger partial charge is 0.132 e. The lowest BCUT2D eigenvalue weighted by atomic mass is 9.77. The van der Waals surface area contributed by atoms with E-state index < -0.39 is 0 Å². The largest absolute Gasteiger partial charge is 0.300 e. The third kappa shape index (κ3) is 3.38. The van der Waals surface area contributed by atoms with Crippen LogP contribution >= 0.6 is 0 Å². The molecule has 1 saturated carbocycles. The van der Waals surface area contributed by atoms with E-state index in [1.54, 1.807) is 0 Å². The highest BCUT2D eigenvalue weighted by molar-refractivity contribution is 5.78. The van der Waals surface area contributed by atoms with Crippen molar-refractivity contribution in [1.82, 2.24) is 0 Å². The van der Waals surface area contributed by atoms with Crippen LogP contribution in [0.25, 0.3) is 0 Å². The minimum absolute atomic E-state index is 0.436. The first-order valence-electron chi connectivity index (χ1n) is 4.99. The van der Waals surface area contributed by atoms with Gasteiger partial charge in [-0.1, -0.05) is 20.8 Å². The fourth-order valence-electron chi connectivity index (χ4n) is 2.07. The van der Waals surface area contributed by atoms with E-state index in [1.807, 2.05) is 0 Å². The second-order valence-corrected chi connectivity index (χ2v) is 5.25. The zero-order valence-electron chi connectivity index (χ0n) is 8.52. The maximum Gasteiger partial charge on any atom is 0.132 e. The molecule has 0 amide bonds. The fourth-order valence-corrected chi connectivity index (χ4v) is 2.07. The van der Waals surface area contributed by atoms with E-state index in [4.69, 9.17) is 0 Å². The average molecular weight is 168 g/mol. The van der Waals surface area contributed by atoms with Crippen molar-refractivity contribution in [3.63, 3.8) is 0 Å². The van der Waals surface area contributed by atoms with Crippen LogP contribution in [0.3, 0.4) is 0 Å². The van der Waals surface area contributed by atoms with Gasteiger partial charge in [0.15, 0.2) is 0 Å². The number of hydrogen-bond donors (Lipinski definition) is 0. The summed E-state index contributed by atoms with van der Waals surface area (Å²) in [5.74, 6) is 1.28. The van der Waals surface area contributed by atoms with Gasteiger partial charge < -0.3 is 0 Å². The topological polar surface area (TPSA) is 17.1 Å². The molecule has 0 saturated heterocycles. The van der Waals surface area contributed by atoms with E-state index in [-0.39, 0.29) is 0 Å². The lowest BCUT2D eigenvalue weighted by Crippen LogP contribution is -2.19. The second-order valence-electron chi connectivity index (χ2n) is 5.25. The van der Waals surface area contributed by atoms with E-state index in [9.17, 15) is 4.79 Å². The van der Waals surface area contributed by atoms with E-state index in [2.05, 4.69) is 20.8 Å². The molecule has 0 radical (unpaired) electrons. The number of Topliss-reactive ketones (excluding diaryl/α,β-unsaturated/α-hetero) is 1. The van der Waals surface area contributed by atoms with E-state index >= 15 is 0 Å². The first kappa shape index (κ1) is 9.76. The van der Waals surface area contributed by atoms with Gasteiger partial charge in [0.2, 0.25) is 0 Å². The third-order valence-corrected chi connectivity index (χ3v) is 2.56. The summed E-state index contributed by atoms with van der Waals surface area (Å²) in [5.41, 5.74) is 0.436. The van der Waals surface area contributed by atoms with Crippen molar-refractivity contribution >= 4 is 5.78 Å². The lowest BCUT2D eigenvalue weighted by molar-refractivity contribution is -0.121. The Morgan fingerprint density at radius 3 is 2.17 bits per heavy atom. The van der Waals surface area contributed by atoms with Gasteiger partial charge in [-0.15, -0.1) is 0 Å². The van der Waals surface area contributed by atoms with Crippen molar-refractivity contribution in [3.8, 4) is 0 Å². The highest BCUT2D eigenvalue weighted by atomic mass is 16.1. The molecule has 1 nitrogen and oxygen atoms in total. The van der Waals surface area contributed by atoms with Crippen LogP contribution in [0.15, 0.2) is 0 Å². The molecular weight excluding hydrogens is 148 g/mol. The summed E-state index contributed by atoms with van der Waals surface area (Å²) in [6.45, 7) is 6.84. The minimum atomic E-state index is 0.436. The standard InChI is InChI=1S/C11H20O/c1-11(2,3)8-9-4-6-10(12)7-5-9/h9H,4-8H2,1-3H3. The van der Waals surface area contributed by atoms with Gasteiger partial charge in [-0.25, -0.2) is 0 Å². The van der Waals surface area contributed by atoms with Crippen LogP contribution < -0.4 is 0 Å². The molecule has 0 unspecified atom stereocenters. The Hall–Kier alpha value is -0.330. The number of carbonyl (C=O) groups is 1. The summed E-state index contributed by atoms with van der Waals surface area (Å²) in [6, 6.07) is 0. The Kier molecular flexibility index (Phi) is 2.92. The van der Waals surface area contributed by atoms with Crippen LogP contribution in [0.5, 0.6) is 0 Å². The summed E-state index contributed by atoms with van der Waals surface area (Å²) >= 11 is 0. The van der Waals surface area contributed by atoms with Crippen molar-refractivity contribution in [2.45, 2.75) is 52.9 Å². The second kappa shape index (κ2) is 3.59. The SMILES string of the molecule is CC(C)(C)CC1CCC(=O)CC1. The molecular formula is C11H20O. The molecule has 0 N–H and O–H groups in total. The molecule has 0 aromatic carbocycles. The number of ketones is 1. The summed E-state index contributed by atoms with van der Waals surface area (Å²) in [7, 11) is 0. The normalized spacial score (nSPS) is 21.4. The number of carbonyl (C=O) groups excluding carboxylic acids is 1. The van der Waals surface area contributed by atoms with Gasteiger partial charge in [0.1, 0.15) is 5.78 Å². The van der Waals surface area contributed by atoms with Crippen molar-refractivity contribution in [3.05, 3.63) is 0 Å². The van der Waals surface area contributed by atoms with Crippen LogP contribution in [-0.4, -0.2) is 5.78 Å². The molecule has 0 heterocycles. The van der Waals surface area contributed by atoms with Gasteiger partial charge in [-0.3, -0.25) is 4.79 Å². The van der Waals surface area contributed by atoms with Gasteiger partial charge in [0, 0.05) is 12.8 Å². The quantitative estimate of drug-likeness (QED) is 0.587. The van der Waals surface area contributed by atoms with E-state index in [0.29, 0.717) is 11.2 Å². The zero-order chi connectivity index (χ0) is 9.19.